The lowest BCUT2D eigenvalue weighted by atomic mass is 11.2. The fourth-order valence-electron chi connectivity index (χ4n) is 0.165. The smallest absolute Gasteiger partial charge is 0.138 e. The maximum absolute atomic E-state index is 4.81. The van der Waals surface area contributed by atoms with Crippen LogP contribution in [0.15, 0.2) is 4.99 Å². The summed E-state index contributed by atoms with van der Waals surface area (Å²) in [6.45, 7) is 0.351. The van der Waals surface area contributed by atoms with Crippen molar-refractivity contribution >= 4 is 6.34 Å². The predicted octanol–water partition coefficient (Wildman–Crippen LogP) is -0.918. The van der Waals surface area contributed by atoms with Gasteiger partial charge in [-0.1, -0.05) is 0 Å². The second kappa shape index (κ2) is 5.39. The largest absolute Gasteiger partial charge is 0.362 e. The molecule has 0 radical (unpaired) electrons. The van der Waals surface area contributed by atoms with Crippen LogP contribution in [-0.2, 0) is 4.74 Å². The minimum Gasteiger partial charge on any atom is -0.362 e. The first-order valence-corrected chi connectivity index (χ1v) is 1.85. The van der Waals surface area contributed by atoms with Crippen LogP contribution in [0.4, 0.5) is 0 Å². The van der Waals surface area contributed by atoms with Crippen LogP contribution >= 0.6 is 0 Å². The SMILES string of the molecule is COC/N=C/NN. The van der Waals surface area contributed by atoms with Gasteiger partial charge in [0.15, 0.2) is 0 Å². The van der Waals surface area contributed by atoms with Crippen molar-refractivity contribution in [2.45, 2.75) is 0 Å². The maximum Gasteiger partial charge on any atom is 0.138 e. The Morgan fingerprint density at radius 1 is 2.00 bits per heavy atom. The van der Waals surface area contributed by atoms with Crippen LogP contribution in [0.25, 0.3) is 0 Å². The molecule has 0 amide bonds. The highest BCUT2D eigenvalue weighted by Gasteiger charge is 1.64. The number of hydrazine groups is 1. The van der Waals surface area contributed by atoms with Crippen LogP contribution in [0.5, 0.6) is 0 Å². The zero-order chi connectivity index (χ0) is 5.54. The van der Waals surface area contributed by atoms with Gasteiger partial charge in [0.05, 0.1) is 6.34 Å². The average Bonchev–Trinajstić information content (AvgIpc) is 1.69. The third-order valence-electron chi connectivity index (χ3n) is 0.369. The van der Waals surface area contributed by atoms with Gasteiger partial charge in [0, 0.05) is 7.11 Å². The van der Waals surface area contributed by atoms with E-state index in [9.17, 15) is 0 Å². The molecule has 42 valence electrons. The number of rotatable bonds is 3. The van der Waals surface area contributed by atoms with E-state index in [0.717, 1.165) is 0 Å². The van der Waals surface area contributed by atoms with Crippen LogP contribution in [0.3, 0.4) is 0 Å². The van der Waals surface area contributed by atoms with Gasteiger partial charge in [0.25, 0.3) is 0 Å². The number of aliphatic imine (C=N–C) groups is 1. The van der Waals surface area contributed by atoms with Gasteiger partial charge in [-0.05, 0) is 0 Å². The molecule has 0 saturated carbocycles. The van der Waals surface area contributed by atoms with Gasteiger partial charge in [-0.3, -0.25) is 0 Å². The standard InChI is InChI=1S/C3H9N3O/c1-7-3-5-2-6-4/h2H,3-4H2,1H3,(H,5,6). The molecule has 0 fully saturated rings. The van der Waals surface area contributed by atoms with E-state index in [0.29, 0.717) is 6.73 Å². The number of hydrogen-bond donors (Lipinski definition) is 2. The normalized spacial score (nSPS) is 10.0. The van der Waals surface area contributed by atoms with Gasteiger partial charge >= 0.3 is 0 Å². The van der Waals surface area contributed by atoms with E-state index in [2.05, 4.69) is 15.2 Å². The van der Waals surface area contributed by atoms with Crippen molar-refractivity contribution in [3.8, 4) is 0 Å². The summed E-state index contributed by atoms with van der Waals surface area (Å²) in [6.07, 6.45) is 1.36. The molecule has 0 aliphatic carbocycles. The van der Waals surface area contributed by atoms with Crippen LogP contribution in [0.2, 0.25) is 0 Å². The molecule has 0 spiro atoms. The molecular formula is C3H9N3O. The zero-order valence-corrected chi connectivity index (χ0v) is 4.22. The lowest BCUT2D eigenvalue weighted by molar-refractivity contribution is 0.209. The summed E-state index contributed by atoms with van der Waals surface area (Å²) in [6, 6.07) is 0. The molecule has 3 N–H and O–H groups in total. The molecular weight excluding hydrogens is 94.1 g/mol. The molecule has 0 heterocycles. The topological polar surface area (TPSA) is 59.6 Å². The highest BCUT2D eigenvalue weighted by Crippen LogP contribution is 1.62. The maximum atomic E-state index is 4.81. The molecule has 0 aliphatic heterocycles. The van der Waals surface area contributed by atoms with Crippen molar-refractivity contribution < 1.29 is 4.74 Å². The molecule has 0 unspecified atom stereocenters. The summed E-state index contributed by atoms with van der Waals surface area (Å²) in [5.41, 5.74) is 2.23. The van der Waals surface area contributed by atoms with E-state index in [1.807, 2.05) is 0 Å². The Morgan fingerprint density at radius 2 is 2.71 bits per heavy atom. The summed E-state index contributed by atoms with van der Waals surface area (Å²) >= 11 is 0. The molecule has 0 saturated heterocycles. The average molecular weight is 103 g/mol. The Hall–Kier alpha value is -0.610. The van der Waals surface area contributed by atoms with Gasteiger partial charge in [-0.15, -0.1) is 0 Å². The third-order valence-corrected chi connectivity index (χ3v) is 0.369. The van der Waals surface area contributed by atoms with E-state index in [4.69, 9.17) is 5.84 Å². The quantitative estimate of drug-likeness (QED) is 0.210. The van der Waals surface area contributed by atoms with Crippen molar-refractivity contribution in [2.24, 2.45) is 10.8 Å². The van der Waals surface area contributed by atoms with Crippen LogP contribution in [0.1, 0.15) is 0 Å². The van der Waals surface area contributed by atoms with Gasteiger partial charge in [0.2, 0.25) is 0 Å². The summed E-state index contributed by atoms with van der Waals surface area (Å²) in [5.74, 6) is 4.81. The molecule has 0 aromatic rings. The van der Waals surface area contributed by atoms with Crippen LogP contribution in [0, 0.1) is 0 Å². The fourth-order valence-corrected chi connectivity index (χ4v) is 0.165. The Labute approximate surface area is 42.3 Å². The Kier molecular flexibility index (Phi) is 4.92. The first kappa shape index (κ1) is 6.39. The fraction of sp³-hybridized carbons (Fsp3) is 0.667. The number of hydrogen-bond acceptors (Lipinski definition) is 3. The van der Waals surface area contributed by atoms with E-state index >= 15 is 0 Å². The Bertz CT molecular complexity index is 54.1. The second-order valence-electron chi connectivity index (χ2n) is 0.896. The second-order valence-corrected chi connectivity index (χ2v) is 0.896. The summed E-state index contributed by atoms with van der Waals surface area (Å²) in [7, 11) is 1.56. The highest BCUT2D eigenvalue weighted by molar-refractivity contribution is 5.52. The molecule has 0 bridgehead atoms. The van der Waals surface area contributed by atoms with E-state index < -0.39 is 0 Å². The Balaban J connectivity index is 2.78. The van der Waals surface area contributed by atoms with Crippen LogP contribution < -0.4 is 11.3 Å². The molecule has 0 rings (SSSR count). The van der Waals surface area contributed by atoms with Crippen molar-refractivity contribution in [3.05, 3.63) is 0 Å². The first-order valence-electron chi connectivity index (χ1n) is 1.85. The highest BCUT2D eigenvalue weighted by atomic mass is 16.5. The number of methoxy groups -OCH3 is 1. The molecule has 0 aromatic carbocycles. The van der Waals surface area contributed by atoms with E-state index in [1.54, 1.807) is 7.11 Å². The summed E-state index contributed by atoms with van der Waals surface area (Å²) < 4.78 is 4.55. The number of ether oxygens (including phenoxy) is 1. The van der Waals surface area contributed by atoms with E-state index in [-0.39, 0.29) is 0 Å². The van der Waals surface area contributed by atoms with E-state index in [1.165, 1.54) is 6.34 Å². The minimum atomic E-state index is 0.351. The number of nitrogens with two attached hydrogens (primary N) is 1. The Morgan fingerprint density at radius 3 is 3.14 bits per heavy atom. The molecule has 0 aromatic heterocycles. The molecule has 4 nitrogen and oxygen atoms in total. The molecule has 4 heteroatoms. The van der Waals surface area contributed by atoms with Crippen LogP contribution in [-0.4, -0.2) is 20.2 Å². The lowest BCUT2D eigenvalue weighted by Gasteiger charge is -1.86. The molecule has 0 atom stereocenters. The number of nitrogens with one attached hydrogen (secondary N) is 1. The predicted molar refractivity (Wildman–Crippen MR) is 27.7 cm³/mol. The van der Waals surface area contributed by atoms with Gasteiger partial charge in [-0.2, -0.15) is 0 Å². The van der Waals surface area contributed by atoms with Gasteiger partial charge < -0.3 is 10.2 Å². The molecule has 0 aliphatic rings. The summed E-state index contributed by atoms with van der Waals surface area (Å²) in [4.78, 5) is 3.62. The lowest BCUT2D eigenvalue weighted by Crippen LogP contribution is -2.19. The van der Waals surface area contributed by atoms with Gasteiger partial charge in [-0.25, -0.2) is 10.8 Å². The zero-order valence-electron chi connectivity index (χ0n) is 4.22. The van der Waals surface area contributed by atoms with Crippen molar-refractivity contribution in [1.29, 1.82) is 0 Å². The van der Waals surface area contributed by atoms with Crippen molar-refractivity contribution in [1.82, 2.24) is 5.43 Å². The third kappa shape index (κ3) is 5.39. The molecule has 7 heavy (non-hydrogen) atoms. The number of nitrogens with zero attached hydrogens (tertiary/aromatic N) is 1. The van der Waals surface area contributed by atoms with Crippen molar-refractivity contribution in [3.63, 3.8) is 0 Å². The monoisotopic (exact) mass is 103 g/mol. The first-order chi connectivity index (χ1) is 3.41. The van der Waals surface area contributed by atoms with Crippen molar-refractivity contribution in [2.75, 3.05) is 13.8 Å². The van der Waals surface area contributed by atoms with Gasteiger partial charge in [0.1, 0.15) is 6.73 Å². The minimum absolute atomic E-state index is 0.351. The summed E-state index contributed by atoms with van der Waals surface area (Å²) in [5, 5.41) is 0.